The van der Waals surface area contributed by atoms with E-state index in [9.17, 15) is 18.0 Å². The molecule has 126 valence electrons. The van der Waals surface area contributed by atoms with Crippen LogP contribution in [0.1, 0.15) is 21.5 Å². The molecule has 25 heavy (non-hydrogen) atoms. The zero-order valence-electron chi connectivity index (χ0n) is 12.9. The minimum Gasteiger partial charge on any atom is -0.289 e. The van der Waals surface area contributed by atoms with Gasteiger partial charge in [0.25, 0.3) is 0 Å². The highest BCUT2D eigenvalue weighted by atomic mass is 19.4. The highest BCUT2D eigenvalue weighted by Gasteiger charge is 2.30. The summed E-state index contributed by atoms with van der Waals surface area (Å²) in [5, 5.41) is 4.20. The molecule has 3 nitrogen and oxygen atoms in total. The van der Waals surface area contributed by atoms with E-state index in [1.165, 1.54) is 18.2 Å². The standard InChI is InChI=1S/C19H13F3N2O/c20-19(21,22)16-9-7-15(8-10-16)18(25)11-6-14-12-23-24(13-14)17-4-2-1-3-5-17/h1-13H. The van der Waals surface area contributed by atoms with E-state index < -0.39 is 11.7 Å². The molecule has 0 fully saturated rings. The van der Waals surface area contributed by atoms with Gasteiger partial charge in [-0.1, -0.05) is 30.3 Å². The Kier molecular flexibility index (Phi) is 4.52. The smallest absolute Gasteiger partial charge is 0.289 e. The van der Waals surface area contributed by atoms with Crippen LogP contribution in [0.5, 0.6) is 0 Å². The first-order valence-electron chi connectivity index (χ1n) is 7.43. The van der Waals surface area contributed by atoms with Crippen molar-refractivity contribution in [3.8, 4) is 5.69 Å². The predicted molar refractivity (Wildman–Crippen MR) is 88.4 cm³/mol. The number of allylic oxidation sites excluding steroid dienone is 1. The molecule has 0 atom stereocenters. The minimum atomic E-state index is -4.41. The van der Waals surface area contributed by atoms with Crippen molar-refractivity contribution in [3.63, 3.8) is 0 Å². The van der Waals surface area contributed by atoms with E-state index in [0.717, 1.165) is 17.8 Å². The highest BCUT2D eigenvalue weighted by Crippen LogP contribution is 2.29. The average Bonchev–Trinajstić information content (AvgIpc) is 3.09. The summed E-state index contributed by atoms with van der Waals surface area (Å²) in [7, 11) is 0. The van der Waals surface area contributed by atoms with Gasteiger partial charge in [-0.25, -0.2) is 4.68 Å². The molecule has 3 rings (SSSR count). The van der Waals surface area contributed by atoms with Crippen molar-refractivity contribution in [2.24, 2.45) is 0 Å². The fraction of sp³-hybridized carbons (Fsp3) is 0.0526. The second kappa shape index (κ2) is 6.76. The number of carbonyl (C=O) groups excluding carboxylic acids is 1. The lowest BCUT2D eigenvalue weighted by molar-refractivity contribution is -0.137. The minimum absolute atomic E-state index is 0.194. The predicted octanol–water partition coefficient (Wildman–Crippen LogP) is 4.79. The largest absolute Gasteiger partial charge is 0.416 e. The molecule has 0 spiro atoms. The second-order valence-corrected chi connectivity index (χ2v) is 5.33. The topological polar surface area (TPSA) is 34.9 Å². The molecule has 1 aromatic heterocycles. The SMILES string of the molecule is O=C(C=Cc1cnn(-c2ccccc2)c1)c1ccc(C(F)(F)F)cc1. The number of benzene rings is 2. The van der Waals surface area contributed by atoms with Gasteiger partial charge in [-0.15, -0.1) is 0 Å². The molecule has 0 saturated heterocycles. The van der Waals surface area contributed by atoms with Crippen LogP contribution in [0.25, 0.3) is 11.8 Å². The maximum Gasteiger partial charge on any atom is 0.416 e. The first kappa shape index (κ1) is 16.7. The van der Waals surface area contributed by atoms with Gasteiger partial charge in [0, 0.05) is 17.3 Å². The molecule has 0 aliphatic carbocycles. The van der Waals surface area contributed by atoms with Crippen molar-refractivity contribution in [2.45, 2.75) is 6.18 Å². The molecule has 0 unspecified atom stereocenters. The molecule has 0 aliphatic rings. The molecule has 6 heteroatoms. The number of nitrogens with zero attached hydrogens (tertiary/aromatic N) is 2. The van der Waals surface area contributed by atoms with Crippen LogP contribution in [0.15, 0.2) is 73.1 Å². The zero-order chi connectivity index (χ0) is 17.9. The van der Waals surface area contributed by atoms with Crippen molar-refractivity contribution in [1.29, 1.82) is 0 Å². The summed E-state index contributed by atoms with van der Waals surface area (Å²) in [5.74, 6) is -0.374. The fourth-order valence-corrected chi connectivity index (χ4v) is 2.24. The number of alkyl halides is 3. The van der Waals surface area contributed by atoms with Gasteiger partial charge in [0.05, 0.1) is 17.4 Å². The third kappa shape index (κ3) is 4.03. The summed E-state index contributed by atoms with van der Waals surface area (Å²) >= 11 is 0. The summed E-state index contributed by atoms with van der Waals surface area (Å²) < 4.78 is 39.2. The molecule has 0 amide bonds. The third-order valence-corrected chi connectivity index (χ3v) is 3.55. The molecule has 1 heterocycles. The van der Waals surface area contributed by atoms with Gasteiger partial charge in [0.2, 0.25) is 0 Å². The maximum atomic E-state index is 12.5. The quantitative estimate of drug-likeness (QED) is 0.505. The molecule has 0 N–H and O–H groups in total. The van der Waals surface area contributed by atoms with Crippen LogP contribution in [-0.4, -0.2) is 15.6 Å². The summed E-state index contributed by atoms with van der Waals surface area (Å²) in [5.41, 5.74) is 1.01. The Hall–Kier alpha value is -3.15. The third-order valence-electron chi connectivity index (χ3n) is 3.55. The van der Waals surface area contributed by atoms with Crippen LogP contribution in [0.2, 0.25) is 0 Å². The molecule has 0 radical (unpaired) electrons. The van der Waals surface area contributed by atoms with E-state index in [0.29, 0.717) is 5.56 Å². The Morgan fingerprint density at radius 3 is 2.32 bits per heavy atom. The molecular weight excluding hydrogens is 329 g/mol. The van der Waals surface area contributed by atoms with Crippen molar-refractivity contribution < 1.29 is 18.0 Å². The van der Waals surface area contributed by atoms with Crippen LogP contribution in [0.3, 0.4) is 0 Å². The number of para-hydroxylation sites is 1. The maximum absolute atomic E-state index is 12.5. The summed E-state index contributed by atoms with van der Waals surface area (Å²) in [6.07, 6.45) is 1.83. The normalized spacial score (nSPS) is 11.8. The van der Waals surface area contributed by atoms with Gasteiger partial charge in [0.1, 0.15) is 0 Å². The van der Waals surface area contributed by atoms with Crippen molar-refractivity contribution >= 4 is 11.9 Å². The van der Waals surface area contributed by atoms with E-state index in [1.54, 1.807) is 23.2 Å². The van der Waals surface area contributed by atoms with Gasteiger partial charge in [-0.05, 0) is 36.4 Å². The number of ketones is 1. The van der Waals surface area contributed by atoms with Crippen LogP contribution in [0.4, 0.5) is 13.2 Å². The van der Waals surface area contributed by atoms with E-state index in [1.807, 2.05) is 30.3 Å². The van der Waals surface area contributed by atoms with Gasteiger partial charge >= 0.3 is 6.18 Å². The monoisotopic (exact) mass is 342 g/mol. The second-order valence-electron chi connectivity index (χ2n) is 5.33. The number of hydrogen-bond donors (Lipinski definition) is 0. The van der Waals surface area contributed by atoms with Crippen molar-refractivity contribution in [2.75, 3.05) is 0 Å². The Morgan fingerprint density at radius 2 is 1.68 bits per heavy atom. The first-order chi connectivity index (χ1) is 11.9. The van der Waals surface area contributed by atoms with Crippen molar-refractivity contribution in [3.05, 3.63) is 89.8 Å². The number of halogens is 3. The number of carbonyl (C=O) groups is 1. The molecule has 0 saturated carbocycles. The van der Waals surface area contributed by atoms with E-state index >= 15 is 0 Å². The van der Waals surface area contributed by atoms with E-state index in [4.69, 9.17) is 0 Å². The fourth-order valence-electron chi connectivity index (χ4n) is 2.24. The Morgan fingerprint density at radius 1 is 1.00 bits per heavy atom. The summed E-state index contributed by atoms with van der Waals surface area (Å²) in [6, 6.07) is 13.6. The lowest BCUT2D eigenvalue weighted by Gasteiger charge is -2.06. The summed E-state index contributed by atoms with van der Waals surface area (Å²) in [4.78, 5) is 12.1. The lowest BCUT2D eigenvalue weighted by atomic mass is 10.1. The van der Waals surface area contributed by atoms with Gasteiger partial charge in [-0.3, -0.25) is 4.79 Å². The van der Waals surface area contributed by atoms with Crippen LogP contribution >= 0.6 is 0 Å². The number of hydrogen-bond acceptors (Lipinski definition) is 2. The van der Waals surface area contributed by atoms with Crippen LogP contribution in [0, 0.1) is 0 Å². The van der Waals surface area contributed by atoms with Gasteiger partial charge in [-0.2, -0.15) is 18.3 Å². The van der Waals surface area contributed by atoms with Gasteiger partial charge < -0.3 is 0 Å². The highest BCUT2D eigenvalue weighted by molar-refractivity contribution is 6.06. The Labute approximate surface area is 142 Å². The van der Waals surface area contributed by atoms with E-state index in [2.05, 4.69) is 5.10 Å². The number of aromatic nitrogens is 2. The summed E-state index contributed by atoms with van der Waals surface area (Å²) in [6.45, 7) is 0. The zero-order valence-corrected chi connectivity index (χ0v) is 12.9. The molecule has 0 aliphatic heterocycles. The van der Waals surface area contributed by atoms with Gasteiger partial charge in [0.15, 0.2) is 5.78 Å². The average molecular weight is 342 g/mol. The van der Waals surface area contributed by atoms with Crippen LogP contribution in [-0.2, 0) is 6.18 Å². The first-order valence-corrected chi connectivity index (χ1v) is 7.43. The molecule has 2 aromatic carbocycles. The van der Waals surface area contributed by atoms with Crippen LogP contribution < -0.4 is 0 Å². The Balaban J connectivity index is 1.72. The van der Waals surface area contributed by atoms with Crippen molar-refractivity contribution in [1.82, 2.24) is 9.78 Å². The Bertz CT molecular complexity index is 894. The molecule has 0 bridgehead atoms. The van der Waals surface area contributed by atoms with E-state index in [-0.39, 0.29) is 11.3 Å². The molecular formula is C19H13F3N2O. The molecule has 3 aromatic rings. The lowest BCUT2D eigenvalue weighted by Crippen LogP contribution is -2.05. The number of rotatable bonds is 4.